The van der Waals surface area contributed by atoms with E-state index in [2.05, 4.69) is 20.9 Å². The van der Waals surface area contributed by atoms with E-state index in [0.29, 0.717) is 6.54 Å². The molecule has 2 aromatic rings. The van der Waals surface area contributed by atoms with E-state index in [4.69, 9.17) is 0 Å². The maximum absolute atomic E-state index is 12.8. The van der Waals surface area contributed by atoms with E-state index in [1.54, 1.807) is 0 Å². The Hall–Kier alpha value is -2.13. The monoisotopic (exact) mass is 375 g/mol. The molecule has 10 heteroatoms. The van der Waals surface area contributed by atoms with Gasteiger partial charge in [-0.25, -0.2) is 4.68 Å². The van der Waals surface area contributed by atoms with Gasteiger partial charge in [-0.15, -0.1) is 17.5 Å². The van der Waals surface area contributed by atoms with Crippen molar-refractivity contribution in [3.63, 3.8) is 0 Å². The van der Waals surface area contributed by atoms with Crippen LogP contribution in [0.5, 0.6) is 0 Å². The molecule has 136 valence electrons. The van der Waals surface area contributed by atoms with Gasteiger partial charge in [-0.05, 0) is 37.6 Å². The topological polar surface area (TPSA) is 71.8 Å². The Morgan fingerprint density at radius 2 is 2.16 bits per heavy atom. The third-order valence-electron chi connectivity index (χ3n) is 3.80. The van der Waals surface area contributed by atoms with Gasteiger partial charge in [-0.2, -0.15) is 13.2 Å². The quantitative estimate of drug-likeness (QED) is 0.862. The van der Waals surface area contributed by atoms with Crippen LogP contribution >= 0.6 is 12.4 Å². The molecule has 25 heavy (non-hydrogen) atoms. The van der Waals surface area contributed by atoms with E-state index in [1.807, 2.05) is 0 Å². The number of nitrogens with zero attached hydrogens (tertiary/aromatic N) is 3. The smallest absolute Gasteiger partial charge is 0.347 e. The Morgan fingerprint density at radius 3 is 2.84 bits per heavy atom. The molecule has 0 spiro atoms. The maximum Gasteiger partial charge on any atom is 0.416 e. The average molecular weight is 376 g/mol. The van der Waals surface area contributed by atoms with E-state index in [9.17, 15) is 18.0 Å². The Morgan fingerprint density at radius 1 is 1.36 bits per heavy atom. The van der Waals surface area contributed by atoms with Crippen molar-refractivity contribution >= 4 is 18.3 Å². The molecule has 1 aliphatic rings. The third-order valence-corrected chi connectivity index (χ3v) is 3.80. The number of piperidine rings is 1. The SMILES string of the molecule is Cl.O=C(NC1CCCNC1)c1cn(-c2cccc(C(F)(F)F)c2)nn1. The Kier molecular flexibility index (Phi) is 6.02. The Labute approximate surface area is 148 Å². The van der Waals surface area contributed by atoms with Crippen molar-refractivity contribution < 1.29 is 18.0 Å². The number of carbonyl (C=O) groups excluding carboxylic acids is 1. The summed E-state index contributed by atoms with van der Waals surface area (Å²) in [6.07, 6.45) is -1.27. The van der Waals surface area contributed by atoms with Crippen molar-refractivity contribution in [2.75, 3.05) is 13.1 Å². The van der Waals surface area contributed by atoms with Gasteiger partial charge in [0.2, 0.25) is 0 Å². The maximum atomic E-state index is 12.8. The fourth-order valence-electron chi connectivity index (χ4n) is 2.55. The number of carbonyl (C=O) groups is 1. The first kappa shape index (κ1) is 19.2. The van der Waals surface area contributed by atoms with Crippen LogP contribution in [0.25, 0.3) is 5.69 Å². The van der Waals surface area contributed by atoms with Gasteiger partial charge in [0.15, 0.2) is 5.69 Å². The van der Waals surface area contributed by atoms with Gasteiger partial charge in [0.1, 0.15) is 0 Å². The van der Waals surface area contributed by atoms with Crippen LogP contribution in [-0.4, -0.2) is 40.0 Å². The van der Waals surface area contributed by atoms with Crippen LogP contribution in [0, 0.1) is 0 Å². The van der Waals surface area contributed by atoms with Crippen LogP contribution in [0.4, 0.5) is 13.2 Å². The molecule has 1 unspecified atom stereocenters. The lowest BCUT2D eigenvalue weighted by atomic mass is 10.1. The summed E-state index contributed by atoms with van der Waals surface area (Å²) in [4.78, 5) is 12.1. The average Bonchev–Trinajstić information content (AvgIpc) is 3.05. The molecule has 1 atom stereocenters. The number of rotatable bonds is 3. The van der Waals surface area contributed by atoms with Gasteiger partial charge in [-0.3, -0.25) is 4.79 Å². The van der Waals surface area contributed by atoms with E-state index in [1.165, 1.54) is 18.3 Å². The van der Waals surface area contributed by atoms with Crippen LogP contribution in [-0.2, 0) is 6.18 Å². The fraction of sp³-hybridized carbons (Fsp3) is 0.400. The highest BCUT2D eigenvalue weighted by molar-refractivity contribution is 5.92. The molecule has 6 nitrogen and oxygen atoms in total. The lowest BCUT2D eigenvalue weighted by molar-refractivity contribution is -0.137. The molecule has 1 aliphatic heterocycles. The van der Waals surface area contributed by atoms with Gasteiger partial charge >= 0.3 is 6.18 Å². The van der Waals surface area contributed by atoms with Crippen molar-refractivity contribution in [1.29, 1.82) is 0 Å². The van der Waals surface area contributed by atoms with Crippen LogP contribution in [0.15, 0.2) is 30.5 Å². The Bertz CT molecular complexity index is 728. The highest BCUT2D eigenvalue weighted by Crippen LogP contribution is 2.30. The van der Waals surface area contributed by atoms with Crippen molar-refractivity contribution in [2.45, 2.75) is 25.1 Å². The molecule has 1 aromatic carbocycles. The molecule has 0 aliphatic carbocycles. The molecule has 3 rings (SSSR count). The molecule has 1 aromatic heterocycles. The number of hydrogen-bond donors (Lipinski definition) is 2. The molecule has 1 amide bonds. The van der Waals surface area contributed by atoms with Gasteiger partial charge in [-0.1, -0.05) is 11.3 Å². The summed E-state index contributed by atoms with van der Waals surface area (Å²) in [5.41, 5.74) is -0.525. The summed E-state index contributed by atoms with van der Waals surface area (Å²) < 4.78 is 39.4. The molecule has 0 bridgehead atoms. The predicted molar refractivity (Wildman–Crippen MR) is 87.0 cm³/mol. The highest BCUT2D eigenvalue weighted by atomic mass is 35.5. The molecule has 0 saturated carbocycles. The van der Waals surface area contributed by atoms with E-state index in [0.717, 1.165) is 36.2 Å². The van der Waals surface area contributed by atoms with E-state index < -0.39 is 11.7 Å². The first-order chi connectivity index (χ1) is 11.4. The zero-order valence-corrected chi connectivity index (χ0v) is 13.9. The van der Waals surface area contributed by atoms with Crippen molar-refractivity contribution in [3.05, 3.63) is 41.7 Å². The standard InChI is InChI=1S/C15H16F3N5O.ClH/c16-15(17,18)10-3-1-5-12(7-10)23-9-13(21-22-23)14(24)20-11-4-2-6-19-8-11;/h1,3,5,7,9,11,19H,2,4,6,8H2,(H,20,24);1H. The number of benzene rings is 1. The minimum atomic E-state index is -4.44. The molecule has 1 saturated heterocycles. The normalized spacial score (nSPS) is 17.6. The van der Waals surface area contributed by atoms with Crippen LogP contribution in [0.2, 0.25) is 0 Å². The minimum Gasteiger partial charge on any atom is -0.347 e. The van der Waals surface area contributed by atoms with Crippen molar-refractivity contribution in [3.8, 4) is 5.69 Å². The molecule has 2 N–H and O–H groups in total. The second kappa shape index (κ2) is 7.83. The largest absolute Gasteiger partial charge is 0.416 e. The minimum absolute atomic E-state index is 0. The summed E-state index contributed by atoms with van der Waals surface area (Å²) in [6, 6.07) is 4.71. The van der Waals surface area contributed by atoms with E-state index in [-0.39, 0.29) is 35.7 Å². The zero-order chi connectivity index (χ0) is 17.2. The molecule has 0 radical (unpaired) electrons. The second-order valence-corrected chi connectivity index (χ2v) is 5.61. The Balaban J connectivity index is 0.00000225. The van der Waals surface area contributed by atoms with Crippen LogP contribution < -0.4 is 10.6 Å². The van der Waals surface area contributed by atoms with Gasteiger partial charge < -0.3 is 10.6 Å². The van der Waals surface area contributed by atoms with Crippen LogP contribution in [0.1, 0.15) is 28.9 Å². The van der Waals surface area contributed by atoms with Crippen molar-refractivity contribution in [1.82, 2.24) is 25.6 Å². The number of amides is 1. The molecule has 2 heterocycles. The summed E-state index contributed by atoms with van der Waals surface area (Å²) in [5.74, 6) is -0.387. The first-order valence-corrected chi connectivity index (χ1v) is 7.55. The second-order valence-electron chi connectivity index (χ2n) is 5.61. The van der Waals surface area contributed by atoms with Crippen molar-refractivity contribution in [2.24, 2.45) is 0 Å². The lowest BCUT2D eigenvalue weighted by Crippen LogP contribution is -2.45. The summed E-state index contributed by atoms with van der Waals surface area (Å²) in [6.45, 7) is 1.62. The fourth-order valence-corrected chi connectivity index (χ4v) is 2.55. The molecular weight excluding hydrogens is 359 g/mol. The predicted octanol–water partition coefficient (Wildman–Crippen LogP) is 2.19. The molecule has 1 fully saturated rings. The number of alkyl halides is 3. The zero-order valence-electron chi connectivity index (χ0n) is 13.1. The lowest BCUT2D eigenvalue weighted by Gasteiger charge is -2.23. The summed E-state index contributed by atoms with van der Waals surface area (Å²) in [5, 5.41) is 13.5. The first-order valence-electron chi connectivity index (χ1n) is 7.55. The van der Waals surface area contributed by atoms with Gasteiger partial charge in [0, 0.05) is 12.6 Å². The summed E-state index contributed by atoms with van der Waals surface area (Å²) in [7, 11) is 0. The summed E-state index contributed by atoms with van der Waals surface area (Å²) >= 11 is 0. The number of hydrogen-bond acceptors (Lipinski definition) is 4. The number of nitrogens with one attached hydrogen (secondary N) is 2. The van der Waals surface area contributed by atoms with Crippen LogP contribution in [0.3, 0.4) is 0 Å². The third kappa shape index (κ3) is 4.70. The van der Waals surface area contributed by atoms with Gasteiger partial charge in [0.25, 0.3) is 5.91 Å². The molecular formula is C15H17ClF3N5O. The number of aromatic nitrogens is 3. The highest BCUT2D eigenvalue weighted by Gasteiger charge is 2.30. The van der Waals surface area contributed by atoms with E-state index >= 15 is 0 Å². The number of halogens is 4. The van der Waals surface area contributed by atoms with Gasteiger partial charge in [0.05, 0.1) is 17.4 Å².